The van der Waals surface area contributed by atoms with Crippen molar-refractivity contribution in [3.63, 3.8) is 0 Å². The number of anilines is 1. The first-order chi connectivity index (χ1) is 8.75. The third-order valence-corrected chi connectivity index (χ3v) is 3.56. The van der Waals surface area contributed by atoms with Gasteiger partial charge in [0, 0.05) is 17.7 Å². The lowest BCUT2D eigenvalue weighted by atomic mass is 10.1. The molecule has 19 heavy (non-hydrogen) atoms. The maximum Gasteiger partial charge on any atom is 0.162 e. The molecule has 2 rings (SSSR count). The van der Waals surface area contributed by atoms with E-state index in [9.17, 15) is 4.79 Å². The molecule has 0 radical (unpaired) electrons. The minimum atomic E-state index is 0. The molecule has 4 heteroatoms. The summed E-state index contributed by atoms with van der Waals surface area (Å²) in [5, 5.41) is 0. The molecule has 0 aromatic heterocycles. The van der Waals surface area contributed by atoms with Gasteiger partial charge >= 0.3 is 0 Å². The molecular formula is C15H23ClN2O. The fourth-order valence-electron chi connectivity index (χ4n) is 2.46. The van der Waals surface area contributed by atoms with Crippen molar-refractivity contribution in [2.24, 2.45) is 0 Å². The van der Waals surface area contributed by atoms with Gasteiger partial charge in [-0.15, -0.1) is 12.4 Å². The highest BCUT2D eigenvalue weighted by atomic mass is 35.5. The van der Waals surface area contributed by atoms with Crippen LogP contribution in [0.1, 0.15) is 42.5 Å². The van der Waals surface area contributed by atoms with Gasteiger partial charge in [0.05, 0.1) is 0 Å². The first-order valence-corrected chi connectivity index (χ1v) is 6.87. The van der Waals surface area contributed by atoms with Crippen LogP contribution in [-0.2, 0) is 0 Å². The molecule has 0 bridgehead atoms. The minimum absolute atomic E-state index is 0. The number of ketones is 1. The van der Waals surface area contributed by atoms with E-state index < -0.39 is 0 Å². The molecule has 1 aromatic rings. The maximum absolute atomic E-state index is 11.9. The van der Waals surface area contributed by atoms with Crippen LogP contribution in [0.3, 0.4) is 0 Å². The lowest BCUT2D eigenvalue weighted by molar-refractivity contribution is 0.0973. The number of likely N-dealkylation sites (tertiary alicyclic amines) is 1. The number of benzene rings is 1. The SMILES string of the molecule is Cl.Nc1ccc(C(=O)CCCN2CCCCC2)cc1. The predicted molar refractivity (Wildman–Crippen MR) is 82.0 cm³/mol. The van der Waals surface area contributed by atoms with Crippen LogP contribution >= 0.6 is 12.4 Å². The summed E-state index contributed by atoms with van der Waals surface area (Å²) in [6.45, 7) is 3.47. The lowest BCUT2D eigenvalue weighted by Crippen LogP contribution is -2.30. The van der Waals surface area contributed by atoms with E-state index in [1.807, 2.05) is 12.1 Å². The maximum atomic E-state index is 11.9. The molecular weight excluding hydrogens is 260 g/mol. The van der Waals surface area contributed by atoms with E-state index in [1.165, 1.54) is 32.4 Å². The number of hydrogen-bond donors (Lipinski definition) is 1. The molecule has 0 unspecified atom stereocenters. The van der Waals surface area contributed by atoms with Gasteiger partial charge in [-0.25, -0.2) is 0 Å². The number of hydrogen-bond acceptors (Lipinski definition) is 3. The summed E-state index contributed by atoms with van der Waals surface area (Å²) in [6.07, 6.45) is 5.59. The van der Waals surface area contributed by atoms with Crippen LogP contribution in [0.2, 0.25) is 0 Å². The average molecular weight is 283 g/mol. The standard InChI is InChI=1S/C15H22N2O.ClH/c16-14-8-6-13(7-9-14)15(18)5-4-12-17-10-2-1-3-11-17;/h6-9H,1-5,10-12,16H2;1H. The number of nitrogen functional groups attached to an aromatic ring is 1. The molecule has 1 heterocycles. The molecule has 1 aliphatic rings. The highest BCUT2D eigenvalue weighted by molar-refractivity contribution is 5.96. The predicted octanol–water partition coefficient (Wildman–Crippen LogP) is 3.14. The van der Waals surface area contributed by atoms with Crippen molar-refractivity contribution in [1.82, 2.24) is 4.90 Å². The second-order valence-corrected chi connectivity index (χ2v) is 5.05. The van der Waals surface area contributed by atoms with Crippen molar-refractivity contribution in [2.45, 2.75) is 32.1 Å². The highest BCUT2D eigenvalue weighted by Crippen LogP contribution is 2.12. The second-order valence-electron chi connectivity index (χ2n) is 5.05. The fourth-order valence-corrected chi connectivity index (χ4v) is 2.46. The molecule has 1 aliphatic heterocycles. The summed E-state index contributed by atoms with van der Waals surface area (Å²) in [7, 11) is 0. The summed E-state index contributed by atoms with van der Waals surface area (Å²) in [5.74, 6) is 0.229. The van der Waals surface area contributed by atoms with Crippen molar-refractivity contribution < 1.29 is 4.79 Å². The Morgan fingerprint density at radius 2 is 1.74 bits per heavy atom. The summed E-state index contributed by atoms with van der Waals surface area (Å²) in [6, 6.07) is 7.22. The van der Waals surface area contributed by atoms with Crippen LogP contribution in [-0.4, -0.2) is 30.3 Å². The molecule has 1 saturated heterocycles. The van der Waals surface area contributed by atoms with Crippen LogP contribution in [0.25, 0.3) is 0 Å². The molecule has 0 aliphatic carbocycles. The topological polar surface area (TPSA) is 46.3 Å². The molecule has 3 nitrogen and oxygen atoms in total. The van der Waals surface area contributed by atoms with Crippen LogP contribution in [0, 0.1) is 0 Å². The van der Waals surface area contributed by atoms with E-state index in [0.29, 0.717) is 12.1 Å². The van der Waals surface area contributed by atoms with E-state index in [0.717, 1.165) is 18.5 Å². The number of halogens is 1. The molecule has 2 N–H and O–H groups in total. The van der Waals surface area contributed by atoms with Crippen molar-refractivity contribution in [3.05, 3.63) is 29.8 Å². The Balaban J connectivity index is 0.00000180. The number of piperidine rings is 1. The van der Waals surface area contributed by atoms with Crippen LogP contribution in [0.15, 0.2) is 24.3 Å². The van der Waals surface area contributed by atoms with Gasteiger partial charge in [0.1, 0.15) is 0 Å². The van der Waals surface area contributed by atoms with Gasteiger partial charge in [-0.3, -0.25) is 4.79 Å². The molecule has 1 aromatic carbocycles. The van der Waals surface area contributed by atoms with Gasteiger partial charge in [0.25, 0.3) is 0 Å². The van der Waals surface area contributed by atoms with Gasteiger partial charge in [0.2, 0.25) is 0 Å². The first-order valence-electron chi connectivity index (χ1n) is 6.87. The number of Topliss-reactive ketones (excluding diaryl/α,β-unsaturated/α-hetero) is 1. The van der Waals surface area contributed by atoms with Crippen LogP contribution in [0.4, 0.5) is 5.69 Å². The van der Waals surface area contributed by atoms with Crippen molar-refractivity contribution >= 4 is 23.9 Å². The summed E-state index contributed by atoms with van der Waals surface area (Å²) >= 11 is 0. The molecule has 106 valence electrons. The normalized spacial score (nSPS) is 15.8. The van der Waals surface area contributed by atoms with Crippen molar-refractivity contribution in [1.29, 1.82) is 0 Å². The minimum Gasteiger partial charge on any atom is -0.399 e. The Kier molecular flexibility index (Phi) is 6.89. The molecule has 0 saturated carbocycles. The summed E-state index contributed by atoms with van der Waals surface area (Å²) in [5.41, 5.74) is 7.10. The lowest BCUT2D eigenvalue weighted by Gasteiger charge is -2.26. The van der Waals surface area contributed by atoms with Gasteiger partial charge in [-0.2, -0.15) is 0 Å². The second kappa shape index (κ2) is 8.18. The number of carbonyl (C=O) groups is 1. The van der Waals surface area contributed by atoms with E-state index in [2.05, 4.69) is 4.90 Å². The number of rotatable bonds is 5. The largest absolute Gasteiger partial charge is 0.399 e. The fraction of sp³-hybridized carbons (Fsp3) is 0.533. The molecule has 1 fully saturated rings. The van der Waals surface area contributed by atoms with Gasteiger partial charge < -0.3 is 10.6 Å². The molecule has 0 amide bonds. The molecule has 0 atom stereocenters. The van der Waals surface area contributed by atoms with E-state index in [4.69, 9.17) is 5.73 Å². The zero-order valence-corrected chi connectivity index (χ0v) is 12.1. The van der Waals surface area contributed by atoms with E-state index in [-0.39, 0.29) is 18.2 Å². The van der Waals surface area contributed by atoms with E-state index in [1.54, 1.807) is 12.1 Å². The first kappa shape index (κ1) is 16.0. The highest BCUT2D eigenvalue weighted by Gasteiger charge is 2.11. The van der Waals surface area contributed by atoms with Crippen molar-refractivity contribution in [2.75, 3.05) is 25.4 Å². The zero-order chi connectivity index (χ0) is 12.8. The Morgan fingerprint density at radius 3 is 2.37 bits per heavy atom. The molecule has 0 spiro atoms. The monoisotopic (exact) mass is 282 g/mol. The third kappa shape index (κ3) is 5.21. The van der Waals surface area contributed by atoms with Gasteiger partial charge in [0.15, 0.2) is 5.78 Å². The third-order valence-electron chi connectivity index (χ3n) is 3.56. The Hall–Kier alpha value is -1.06. The van der Waals surface area contributed by atoms with Gasteiger partial charge in [-0.1, -0.05) is 6.42 Å². The smallest absolute Gasteiger partial charge is 0.162 e. The number of nitrogens with two attached hydrogens (primary N) is 1. The van der Waals surface area contributed by atoms with Crippen LogP contribution < -0.4 is 5.73 Å². The average Bonchev–Trinajstić information content (AvgIpc) is 2.40. The number of carbonyl (C=O) groups excluding carboxylic acids is 1. The van der Waals surface area contributed by atoms with Crippen molar-refractivity contribution in [3.8, 4) is 0 Å². The Bertz CT molecular complexity index is 386. The Labute approximate surface area is 121 Å². The van der Waals surface area contributed by atoms with E-state index >= 15 is 0 Å². The summed E-state index contributed by atoms with van der Waals surface area (Å²) in [4.78, 5) is 14.4. The number of nitrogens with zero attached hydrogens (tertiary/aromatic N) is 1. The summed E-state index contributed by atoms with van der Waals surface area (Å²) < 4.78 is 0. The Morgan fingerprint density at radius 1 is 1.11 bits per heavy atom. The zero-order valence-electron chi connectivity index (χ0n) is 11.3. The quantitative estimate of drug-likeness (QED) is 0.667. The van der Waals surface area contributed by atoms with Crippen LogP contribution in [0.5, 0.6) is 0 Å². The van der Waals surface area contributed by atoms with Gasteiger partial charge in [-0.05, 0) is 63.2 Å².